The molecule has 3 nitrogen and oxygen atoms in total. The second kappa shape index (κ2) is 9.10. The van der Waals surface area contributed by atoms with Gasteiger partial charge in [-0.1, -0.05) is 84.9 Å². The normalized spacial score (nSPS) is 11.8. The molecular weight excluding hydrogens is 532 g/mol. The fraction of sp³-hybridized carbons (Fsp3) is 0. The van der Waals surface area contributed by atoms with Crippen molar-refractivity contribution in [1.29, 1.82) is 0 Å². The van der Waals surface area contributed by atoms with Gasteiger partial charge in [-0.25, -0.2) is 0 Å². The van der Waals surface area contributed by atoms with Gasteiger partial charge in [-0.2, -0.15) is 0 Å². The molecule has 3 aromatic heterocycles. The summed E-state index contributed by atoms with van der Waals surface area (Å²) in [6.07, 6.45) is 0. The van der Waals surface area contributed by atoms with Crippen molar-refractivity contribution in [3.05, 3.63) is 140 Å². The number of hydrogen-bond donors (Lipinski definition) is 1. The monoisotopic (exact) mass is 556 g/mol. The van der Waals surface area contributed by atoms with Gasteiger partial charge in [0.15, 0.2) is 0 Å². The van der Waals surface area contributed by atoms with E-state index in [1.54, 1.807) is 0 Å². The summed E-state index contributed by atoms with van der Waals surface area (Å²) in [5.74, 6) is 0. The van der Waals surface area contributed by atoms with Crippen LogP contribution in [-0.4, -0.2) is 4.57 Å². The molecule has 6 aromatic carbocycles. The van der Waals surface area contributed by atoms with E-state index >= 15 is 0 Å². The maximum atomic E-state index is 6.51. The molecule has 9 rings (SSSR count). The molecule has 0 fully saturated rings. The summed E-state index contributed by atoms with van der Waals surface area (Å²) in [7, 11) is 0. The number of nitrogens with zero attached hydrogens (tertiary/aromatic N) is 1. The summed E-state index contributed by atoms with van der Waals surface area (Å²) >= 11 is 1.84. The first-order valence-electron chi connectivity index (χ1n) is 14.1. The number of hydrogen-bond acceptors (Lipinski definition) is 3. The van der Waals surface area contributed by atoms with E-state index in [1.807, 2.05) is 17.4 Å². The molecule has 9 aromatic rings. The van der Waals surface area contributed by atoms with Crippen molar-refractivity contribution in [2.45, 2.75) is 0 Å². The zero-order chi connectivity index (χ0) is 27.6. The topological polar surface area (TPSA) is 30.1 Å². The number of thiophene rings is 1. The summed E-state index contributed by atoms with van der Waals surface area (Å²) in [5.41, 5.74) is 8.56. The molecular formula is C38H24N2OS. The van der Waals surface area contributed by atoms with Crippen LogP contribution in [-0.2, 0) is 0 Å². The largest absolute Gasteiger partial charge is 0.439 e. The van der Waals surface area contributed by atoms with Gasteiger partial charge in [-0.3, -0.25) is 4.57 Å². The molecule has 4 heteroatoms. The van der Waals surface area contributed by atoms with E-state index in [1.165, 1.54) is 36.7 Å². The van der Waals surface area contributed by atoms with Crippen LogP contribution in [0.2, 0.25) is 0 Å². The predicted molar refractivity (Wildman–Crippen MR) is 179 cm³/mol. The molecule has 0 aliphatic carbocycles. The van der Waals surface area contributed by atoms with Gasteiger partial charge in [0.05, 0.1) is 21.3 Å². The third-order valence-electron chi connectivity index (χ3n) is 8.20. The van der Waals surface area contributed by atoms with Gasteiger partial charge < -0.3 is 9.73 Å². The third kappa shape index (κ3) is 3.52. The Morgan fingerprint density at radius 3 is 2.19 bits per heavy atom. The molecule has 1 N–H and O–H groups in total. The van der Waals surface area contributed by atoms with Crippen molar-refractivity contribution < 1.29 is 4.42 Å². The van der Waals surface area contributed by atoms with Crippen LogP contribution >= 0.6 is 11.3 Å². The maximum absolute atomic E-state index is 6.51. The van der Waals surface area contributed by atoms with Gasteiger partial charge in [0.2, 0.25) is 5.71 Å². The van der Waals surface area contributed by atoms with Gasteiger partial charge in [0.25, 0.3) is 0 Å². The number of benzene rings is 6. The van der Waals surface area contributed by atoms with Crippen LogP contribution in [0.3, 0.4) is 0 Å². The van der Waals surface area contributed by atoms with E-state index in [2.05, 4.69) is 143 Å². The molecule has 3 heterocycles. The number of furan rings is 1. The van der Waals surface area contributed by atoms with Crippen LogP contribution in [0.5, 0.6) is 0 Å². The van der Waals surface area contributed by atoms with Gasteiger partial charge in [-0.05, 0) is 65.7 Å². The lowest BCUT2D eigenvalue weighted by atomic mass is 10.0. The molecule has 0 saturated heterocycles. The first kappa shape index (κ1) is 23.4. The average molecular weight is 557 g/mol. The van der Waals surface area contributed by atoms with Crippen LogP contribution in [0.1, 0.15) is 0 Å². The summed E-state index contributed by atoms with van der Waals surface area (Å²) in [5, 5.41) is 9.76. The van der Waals surface area contributed by atoms with E-state index in [0.717, 1.165) is 44.6 Å². The van der Waals surface area contributed by atoms with Crippen molar-refractivity contribution in [1.82, 2.24) is 4.57 Å². The Bertz CT molecular complexity index is 2430. The lowest BCUT2D eigenvalue weighted by Crippen LogP contribution is -1.91. The van der Waals surface area contributed by atoms with Gasteiger partial charge in [0, 0.05) is 37.6 Å². The number of para-hydroxylation sites is 2. The fourth-order valence-corrected chi connectivity index (χ4v) is 7.42. The van der Waals surface area contributed by atoms with Gasteiger partial charge >= 0.3 is 0 Å². The molecule has 0 aliphatic heterocycles. The van der Waals surface area contributed by atoms with Crippen molar-refractivity contribution in [3.63, 3.8) is 0 Å². The van der Waals surface area contributed by atoms with Crippen molar-refractivity contribution in [2.24, 2.45) is 0 Å². The fourth-order valence-electron chi connectivity index (χ4n) is 6.25. The Morgan fingerprint density at radius 2 is 1.31 bits per heavy atom. The Balaban J connectivity index is 1.11. The number of fused-ring (bicyclic) bond motifs is 8. The number of nitrogens with one attached hydrogen (secondary N) is 1. The van der Waals surface area contributed by atoms with Crippen LogP contribution in [0.25, 0.3) is 70.0 Å². The van der Waals surface area contributed by atoms with Crippen molar-refractivity contribution >= 4 is 75.9 Å². The van der Waals surface area contributed by atoms with E-state index in [-0.39, 0.29) is 0 Å². The number of aromatic nitrogens is 1. The Hall–Kier alpha value is -5.32. The third-order valence-corrected chi connectivity index (χ3v) is 9.42. The van der Waals surface area contributed by atoms with Gasteiger partial charge in [-0.15, -0.1) is 11.3 Å². The first-order valence-corrected chi connectivity index (χ1v) is 14.9. The molecule has 0 saturated carbocycles. The number of anilines is 2. The second-order valence-electron chi connectivity index (χ2n) is 10.7. The summed E-state index contributed by atoms with van der Waals surface area (Å²) in [4.78, 5) is 0. The van der Waals surface area contributed by atoms with Crippen molar-refractivity contribution in [3.8, 4) is 16.8 Å². The highest BCUT2D eigenvalue weighted by molar-refractivity contribution is 7.26. The summed E-state index contributed by atoms with van der Waals surface area (Å²) in [6, 6.07) is 49.3. The SMILES string of the molecule is c1ccc(-n2c3ccccc3c3c4cc(-c5ccc(Nc6cccc7c6sc6ccccc67)cc5)ccc4oc32)cc1. The lowest BCUT2D eigenvalue weighted by molar-refractivity contribution is 0.645. The highest BCUT2D eigenvalue weighted by Crippen LogP contribution is 2.41. The van der Waals surface area contributed by atoms with Crippen molar-refractivity contribution in [2.75, 3.05) is 5.32 Å². The molecule has 0 aliphatic rings. The zero-order valence-corrected chi connectivity index (χ0v) is 23.4. The number of rotatable bonds is 4. The molecule has 0 unspecified atom stereocenters. The Kier molecular flexibility index (Phi) is 5.07. The highest BCUT2D eigenvalue weighted by atomic mass is 32.1. The van der Waals surface area contributed by atoms with E-state index < -0.39 is 0 Å². The summed E-state index contributed by atoms with van der Waals surface area (Å²) in [6.45, 7) is 0. The van der Waals surface area contributed by atoms with Gasteiger partial charge in [0.1, 0.15) is 5.58 Å². The lowest BCUT2D eigenvalue weighted by Gasteiger charge is -2.09. The minimum atomic E-state index is 0.879. The van der Waals surface area contributed by atoms with Crippen LogP contribution < -0.4 is 5.32 Å². The highest BCUT2D eigenvalue weighted by Gasteiger charge is 2.19. The minimum Gasteiger partial charge on any atom is -0.439 e. The maximum Gasteiger partial charge on any atom is 0.213 e. The second-order valence-corrected chi connectivity index (χ2v) is 11.7. The molecule has 0 bridgehead atoms. The minimum absolute atomic E-state index is 0.879. The Labute approximate surface area is 245 Å². The van der Waals surface area contributed by atoms with E-state index in [4.69, 9.17) is 4.42 Å². The molecule has 0 spiro atoms. The van der Waals surface area contributed by atoms with Crippen LogP contribution in [0.4, 0.5) is 11.4 Å². The quantitative estimate of drug-likeness (QED) is 0.234. The van der Waals surface area contributed by atoms with E-state index in [9.17, 15) is 0 Å². The smallest absolute Gasteiger partial charge is 0.213 e. The molecule has 0 amide bonds. The average Bonchev–Trinajstić information content (AvgIpc) is 3.71. The Morgan fingerprint density at radius 1 is 0.571 bits per heavy atom. The molecule has 42 heavy (non-hydrogen) atoms. The zero-order valence-electron chi connectivity index (χ0n) is 22.5. The van der Waals surface area contributed by atoms with Crippen LogP contribution in [0, 0.1) is 0 Å². The molecule has 0 atom stereocenters. The summed E-state index contributed by atoms with van der Waals surface area (Å²) < 4.78 is 11.3. The molecule has 198 valence electrons. The van der Waals surface area contributed by atoms with Crippen LogP contribution in [0.15, 0.2) is 144 Å². The first-order chi connectivity index (χ1) is 20.8. The predicted octanol–water partition coefficient (Wildman–Crippen LogP) is 11.3. The molecule has 0 radical (unpaired) electrons. The van der Waals surface area contributed by atoms with E-state index in [0.29, 0.717) is 0 Å². The standard InChI is InChI=1S/C38H24N2OS/c1-2-9-27(10-3-1)40-33-15-6-4-12-30(33)36-31-23-25(19-22-34(31)41-38(36)40)24-17-20-26(21-18-24)39-32-14-8-13-29-28-11-5-7-16-35(28)42-37(29)32/h1-23,39H.